The van der Waals surface area contributed by atoms with Crippen LogP contribution >= 0.6 is 11.8 Å². The first-order valence-electron chi connectivity index (χ1n) is 8.26. The maximum Gasteiger partial charge on any atom is 0.103 e. The number of hydrogen-bond acceptors (Lipinski definition) is 4. The van der Waals surface area contributed by atoms with Gasteiger partial charge in [0, 0.05) is 25.1 Å². The van der Waals surface area contributed by atoms with Crippen molar-refractivity contribution in [2.45, 2.75) is 63.1 Å². The smallest absolute Gasteiger partial charge is 0.103 e. The summed E-state index contributed by atoms with van der Waals surface area (Å²) in [5.74, 6) is 3.62. The normalized spacial score (nSPS) is 26.8. The molecule has 3 heterocycles. The van der Waals surface area contributed by atoms with Gasteiger partial charge in [-0.05, 0) is 62.7 Å². The van der Waals surface area contributed by atoms with Gasteiger partial charge in [-0.3, -0.25) is 0 Å². The monoisotopic (exact) mass is 309 g/mol. The molecule has 0 amide bonds. The molecule has 0 aromatic carbocycles. The van der Waals surface area contributed by atoms with E-state index < -0.39 is 0 Å². The van der Waals surface area contributed by atoms with Gasteiger partial charge in [-0.2, -0.15) is 11.8 Å². The van der Waals surface area contributed by atoms with Crippen LogP contribution in [0.1, 0.15) is 44.8 Å². The molecule has 1 aromatic rings. The highest BCUT2D eigenvalue weighted by molar-refractivity contribution is 7.99. The van der Waals surface area contributed by atoms with Gasteiger partial charge in [0.2, 0.25) is 0 Å². The number of hydrogen-bond donors (Lipinski definition) is 1. The lowest BCUT2D eigenvalue weighted by molar-refractivity contribution is -0.0941. The summed E-state index contributed by atoms with van der Waals surface area (Å²) in [6.45, 7) is 3.22. The molecule has 2 aliphatic heterocycles. The van der Waals surface area contributed by atoms with Gasteiger partial charge in [-0.1, -0.05) is 0 Å². The zero-order valence-electron chi connectivity index (χ0n) is 13.0. The van der Waals surface area contributed by atoms with Crippen molar-refractivity contribution in [3.05, 3.63) is 24.2 Å². The second-order valence-electron chi connectivity index (χ2n) is 6.52. The van der Waals surface area contributed by atoms with Crippen molar-refractivity contribution < 1.29 is 9.15 Å². The number of furan rings is 1. The summed E-state index contributed by atoms with van der Waals surface area (Å²) in [5.41, 5.74) is 0.182. The van der Waals surface area contributed by atoms with Crippen molar-refractivity contribution in [2.24, 2.45) is 0 Å². The molecule has 4 heteroatoms. The van der Waals surface area contributed by atoms with E-state index in [2.05, 4.69) is 30.1 Å². The van der Waals surface area contributed by atoms with E-state index in [1.165, 1.54) is 30.8 Å². The predicted octanol–water partition coefficient (Wildman–Crippen LogP) is 3.64. The summed E-state index contributed by atoms with van der Waals surface area (Å²) >= 11 is 2.07. The number of thioether (sulfide) groups is 1. The highest BCUT2D eigenvalue weighted by Gasteiger charge is 2.38. The van der Waals surface area contributed by atoms with Crippen molar-refractivity contribution in [1.82, 2.24) is 5.32 Å². The Kier molecular flexibility index (Phi) is 5.30. The van der Waals surface area contributed by atoms with Crippen LogP contribution in [0, 0.1) is 0 Å². The second-order valence-corrected chi connectivity index (χ2v) is 7.74. The number of nitrogens with one attached hydrogen (secondary N) is 1. The van der Waals surface area contributed by atoms with Gasteiger partial charge in [-0.25, -0.2) is 0 Å². The van der Waals surface area contributed by atoms with Crippen molar-refractivity contribution in [3.63, 3.8) is 0 Å². The molecule has 1 N–H and O–H groups in total. The summed E-state index contributed by atoms with van der Waals surface area (Å²) in [6.07, 6.45) is 8.72. The van der Waals surface area contributed by atoms with Crippen LogP contribution in [0.4, 0.5) is 0 Å². The van der Waals surface area contributed by atoms with E-state index in [9.17, 15) is 0 Å². The van der Waals surface area contributed by atoms with E-state index in [0.29, 0.717) is 12.1 Å². The van der Waals surface area contributed by atoms with Crippen molar-refractivity contribution in [2.75, 3.05) is 18.1 Å². The van der Waals surface area contributed by atoms with E-state index in [1.54, 1.807) is 6.26 Å². The lowest BCUT2D eigenvalue weighted by atomic mass is 9.85. The molecule has 1 spiro atoms. The van der Waals surface area contributed by atoms with Crippen LogP contribution in [0.25, 0.3) is 0 Å². The number of rotatable bonds is 5. The highest BCUT2D eigenvalue weighted by atomic mass is 32.2. The Hall–Kier alpha value is -0.450. The molecule has 2 aliphatic rings. The first-order chi connectivity index (χ1) is 10.3. The standard InChI is InChI=1S/C17H27NO2S/c1-14(4-5-16-3-2-9-19-16)18-15-6-10-20-17(13-15)7-11-21-12-8-17/h2-3,9,14-15,18H,4-8,10-13H2,1H3. The quantitative estimate of drug-likeness (QED) is 0.900. The lowest BCUT2D eigenvalue weighted by Gasteiger charge is -2.44. The maximum atomic E-state index is 6.17. The summed E-state index contributed by atoms with van der Waals surface area (Å²) in [4.78, 5) is 0. The zero-order chi connectivity index (χ0) is 14.5. The minimum Gasteiger partial charge on any atom is -0.469 e. The molecule has 3 rings (SSSR count). The molecule has 0 saturated carbocycles. The fourth-order valence-corrected chi connectivity index (χ4v) is 4.80. The average Bonchev–Trinajstić information content (AvgIpc) is 2.99. The van der Waals surface area contributed by atoms with E-state index in [1.807, 2.05) is 6.07 Å². The van der Waals surface area contributed by atoms with Crippen LogP contribution in [0.3, 0.4) is 0 Å². The van der Waals surface area contributed by atoms with E-state index >= 15 is 0 Å². The summed E-state index contributed by atoms with van der Waals surface area (Å²) < 4.78 is 11.6. The van der Waals surface area contributed by atoms with Gasteiger partial charge in [0.15, 0.2) is 0 Å². The molecular formula is C17H27NO2S. The zero-order valence-corrected chi connectivity index (χ0v) is 13.8. The topological polar surface area (TPSA) is 34.4 Å². The van der Waals surface area contributed by atoms with Crippen molar-refractivity contribution in [3.8, 4) is 0 Å². The van der Waals surface area contributed by atoms with E-state index in [-0.39, 0.29) is 5.60 Å². The van der Waals surface area contributed by atoms with Gasteiger partial charge >= 0.3 is 0 Å². The molecule has 2 atom stereocenters. The van der Waals surface area contributed by atoms with Crippen LogP contribution in [0.15, 0.2) is 22.8 Å². The third-order valence-corrected chi connectivity index (χ3v) is 5.81. The Balaban J connectivity index is 1.45. The molecule has 1 aromatic heterocycles. The molecule has 118 valence electrons. The van der Waals surface area contributed by atoms with E-state index in [4.69, 9.17) is 9.15 Å². The third-order valence-electron chi connectivity index (χ3n) is 4.82. The number of aryl methyl sites for hydroxylation is 1. The Morgan fingerprint density at radius 2 is 2.29 bits per heavy atom. The number of ether oxygens (including phenoxy) is 1. The van der Waals surface area contributed by atoms with Crippen LogP contribution in [-0.4, -0.2) is 35.8 Å². The van der Waals surface area contributed by atoms with Gasteiger partial charge in [0.05, 0.1) is 11.9 Å². The third kappa shape index (κ3) is 4.27. The molecular weight excluding hydrogens is 282 g/mol. The molecule has 2 fully saturated rings. The Labute approximate surface area is 132 Å². The van der Waals surface area contributed by atoms with Gasteiger partial charge in [0.25, 0.3) is 0 Å². The Bertz CT molecular complexity index is 409. The minimum absolute atomic E-state index is 0.182. The molecule has 2 unspecified atom stereocenters. The van der Waals surface area contributed by atoms with Crippen LogP contribution in [0.5, 0.6) is 0 Å². The highest BCUT2D eigenvalue weighted by Crippen LogP contribution is 2.37. The summed E-state index contributed by atoms with van der Waals surface area (Å²) in [5, 5.41) is 3.82. The summed E-state index contributed by atoms with van der Waals surface area (Å²) in [6, 6.07) is 5.19. The Morgan fingerprint density at radius 3 is 3.05 bits per heavy atom. The fourth-order valence-electron chi connectivity index (χ4n) is 3.56. The Morgan fingerprint density at radius 1 is 1.43 bits per heavy atom. The van der Waals surface area contributed by atoms with Crippen LogP contribution in [-0.2, 0) is 11.2 Å². The molecule has 3 nitrogen and oxygen atoms in total. The second kappa shape index (κ2) is 7.21. The predicted molar refractivity (Wildman–Crippen MR) is 87.9 cm³/mol. The van der Waals surface area contributed by atoms with E-state index in [0.717, 1.165) is 31.6 Å². The largest absolute Gasteiger partial charge is 0.469 e. The molecule has 0 radical (unpaired) electrons. The van der Waals surface area contributed by atoms with Crippen molar-refractivity contribution >= 4 is 11.8 Å². The maximum absolute atomic E-state index is 6.17. The fraction of sp³-hybridized carbons (Fsp3) is 0.765. The first kappa shape index (κ1) is 15.4. The molecule has 0 bridgehead atoms. The van der Waals surface area contributed by atoms with Gasteiger partial charge in [-0.15, -0.1) is 0 Å². The van der Waals surface area contributed by atoms with Crippen molar-refractivity contribution in [1.29, 1.82) is 0 Å². The summed E-state index contributed by atoms with van der Waals surface area (Å²) in [7, 11) is 0. The van der Waals surface area contributed by atoms with Crippen LogP contribution in [0.2, 0.25) is 0 Å². The molecule has 21 heavy (non-hydrogen) atoms. The minimum atomic E-state index is 0.182. The average molecular weight is 309 g/mol. The van der Waals surface area contributed by atoms with Gasteiger partial charge in [0.1, 0.15) is 5.76 Å². The van der Waals surface area contributed by atoms with Gasteiger partial charge < -0.3 is 14.5 Å². The lowest BCUT2D eigenvalue weighted by Crippen LogP contribution is -2.50. The molecule has 0 aliphatic carbocycles. The van der Waals surface area contributed by atoms with Crippen LogP contribution < -0.4 is 5.32 Å². The SMILES string of the molecule is CC(CCc1ccco1)NC1CCOC2(CCSCC2)C1. The first-order valence-corrected chi connectivity index (χ1v) is 9.41. The molecule has 2 saturated heterocycles.